The van der Waals surface area contributed by atoms with Crippen LogP contribution in [0.2, 0.25) is 5.02 Å². The molecule has 0 bridgehead atoms. The van der Waals surface area contributed by atoms with E-state index in [1.807, 2.05) is 24.3 Å². The van der Waals surface area contributed by atoms with Crippen LogP contribution in [0.3, 0.4) is 0 Å². The Kier molecular flexibility index (Phi) is 5.06. The van der Waals surface area contributed by atoms with Gasteiger partial charge in [-0.3, -0.25) is 9.69 Å². The predicted octanol–water partition coefficient (Wildman–Crippen LogP) is 4.73. The third-order valence-electron chi connectivity index (χ3n) is 3.65. The molecule has 2 aromatic carbocycles. The molecule has 0 saturated carbocycles. The maximum absolute atomic E-state index is 12.4. The van der Waals surface area contributed by atoms with Crippen LogP contribution in [-0.4, -0.2) is 28.8 Å². The smallest absolute Gasteiger partial charge is 0.277 e. The van der Waals surface area contributed by atoms with Crippen molar-refractivity contribution in [2.24, 2.45) is 4.99 Å². The van der Waals surface area contributed by atoms with Crippen LogP contribution >= 0.6 is 27.5 Å². The van der Waals surface area contributed by atoms with E-state index in [-0.39, 0.29) is 11.7 Å². The fraction of sp³-hybridized carbons (Fsp3) is 0.0526. The molecule has 0 aliphatic carbocycles. The molecule has 6 heteroatoms. The molecule has 1 aliphatic heterocycles. The molecular formula is C19H14BrClN2O2. The summed E-state index contributed by atoms with van der Waals surface area (Å²) < 4.78 is 0.561. The second kappa shape index (κ2) is 7.25. The number of rotatable bonds is 3. The molecule has 0 saturated heterocycles. The van der Waals surface area contributed by atoms with E-state index in [1.54, 1.807) is 43.5 Å². The van der Waals surface area contributed by atoms with Gasteiger partial charge in [-0.25, -0.2) is 4.99 Å². The summed E-state index contributed by atoms with van der Waals surface area (Å²) in [7, 11) is 1.68. The maximum atomic E-state index is 12.4. The molecule has 0 fully saturated rings. The minimum absolute atomic E-state index is 0.144. The van der Waals surface area contributed by atoms with Crippen LogP contribution in [0.1, 0.15) is 11.1 Å². The van der Waals surface area contributed by atoms with Gasteiger partial charge in [-0.15, -0.1) is 0 Å². The van der Waals surface area contributed by atoms with Crippen LogP contribution in [0.15, 0.2) is 63.7 Å². The lowest BCUT2D eigenvalue weighted by Gasteiger charge is -2.07. The van der Waals surface area contributed by atoms with Crippen molar-refractivity contribution in [2.75, 3.05) is 7.05 Å². The Morgan fingerprint density at radius 1 is 1.16 bits per heavy atom. The first-order chi connectivity index (χ1) is 11.9. The number of nitrogens with zero attached hydrogens (tertiary/aromatic N) is 2. The highest BCUT2D eigenvalue weighted by molar-refractivity contribution is 9.10. The number of carbonyl (C=O) groups excluding carboxylic acids is 1. The van der Waals surface area contributed by atoms with Crippen molar-refractivity contribution in [3.63, 3.8) is 0 Å². The summed E-state index contributed by atoms with van der Waals surface area (Å²) in [6.07, 6.45) is 5.31. The molecule has 0 aromatic heterocycles. The van der Waals surface area contributed by atoms with E-state index < -0.39 is 0 Å². The maximum Gasteiger partial charge on any atom is 0.277 e. The fourth-order valence-corrected chi connectivity index (χ4v) is 2.91. The number of phenolic OH excluding ortho intramolecular Hbond substituents is 1. The third kappa shape index (κ3) is 4.00. The molecule has 1 heterocycles. The minimum Gasteiger partial charge on any atom is -0.507 e. The summed E-state index contributed by atoms with van der Waals surface area (Å²) in [5.41, 5.74) is 2.03. The zero-order chi connectivity index (χ0) is 18.0. The normalized spacial score (nSPS) is 16.1. The second-order valence-corrected chi connectivity index (χ2v) is 6.75. The summed E-state index contributed by atoms with van der Waals surface area (Å²) in [6.45, 7) is 0. The molecule has 1 N–H and O–H groups in total. The average Bonchev–Trinajstić information content (AvgIpc) is 2.84. The number of likely N-dealkylation sites (N-methyl/N-ethyl adjacent to an activating group) is 1. The first kappa shape index (κ1) is 17.5. The summed E-state index contributed by atoms with van der Waals surface area (Å²) >= 11 is 9.23. The Balaban J connectivity index is 1.88. The van der Waals surface area contributed by atoms with Gasteiger partial charge in [0.05, 0.1) is 4.47 Å². The first-order valence-electron chi connectivity index (χ1n) is 7.44. The van der Waals surface area contributed by atoms with Gasteiger partial charge in [-0.05, 0) is 63.5 Å². The van der Waals surface area contributed by atoms with Crippen molar-refractivity contribution in [3.8, 4) is 5.75 Å². The van der Waals surface area contributed by atoms with E-state index in [2.05, 4.69) is 20.9 Å². The second-order valence-electron chi connectivity index (χ2n) is 5.46. The SMILES string of the molecule is CN1C(=O)/C(=C/c2ccc(O)c(Br)c2)N=C1/C=C/c1cccc(Cl)c1. The van der Waals surface area contributed by atoms with Crippen molar-refractivity contribution < 1.29 is 9.90 Å². The summed E-state index contributed by atoms with van der Waals surface area (Å²) in [4.78, 5) is 18.2. The standard InChI is InChI=1S/C19H14BrClN2O2/c1-23-18(8-6-12-3-2-4-14(21)9-12)22-16(19(23)25)11-13-5-7-17(24)15(20)10-13/h2-11,24H,1H3/b8-6+,16-11-. The van der Waals surface area contributed by atoms with Gasteiger partial charge in [-0.2, -0.15) is 0 Å². The summed E-state index contributed by atoms with van der Waals surface area (Å²) in [5.74, 6) is 0.509. The molecule has 126 valence electrons. The quantitative estimate of drug-likeness (QED) is 0.734. The van der Waals surface area contributed by atoms with E-state index in [0.717, 1.165) is 11.1 Å². The summed E-state index contributed by atoms with van der Waals surface area (Å²) in [5, 5.41) is 10.2. The number of phenols is 1. The van der Waals surface area contributed by atoms with E-state index >= 15 is 0 Å². The lowest BCUT2D eigenvalue weighted by Crippen LogP contribution is -2.26. The highest BCUT2D eigenvalue weighted by atomic mass is 79.9. The van der Waals surface area contributed by atoms with Crippen LogP contribution in [0.25, 0.3) is 12.2 Å². The molecule has 0 radical (unpaired) electrons. The average molecular weight is 418 g/mol. The van der Waals surface area contributed by atoms with Crippen molar-refractivity contribution in [1.82, 2.24) is 4.90 Å². The fourth-order valence-electron chi connectivity index (χ4n) is 2.32. The van der Waals surface area contributed by atoms with Crippen molar-refractivity contribution in [3.05, 3.63) is 74.9 Å². The Bertz CT molecular complexity index is 935. The molecule has 1 amide bonds. The van der Waals surface area contributed by atoms with Gasteiger partial charge >= 0.3 is 0 Å². The van der Waals surface area contributed by atoms with Crippen LogP contribution in [-0.2, 0) is 4.79 Å². The van der Waals surface area contributed by atoms with Crippen LogP contribution in [0, 0.1) is 0 Å². The first-order valence-corrected chi connectivity index (χ1v) is 8.62. The zero-order valence-electron chi connectivity index (χ0n) is 13.3. The highest BCUT2D eigenvalue weighted by Gasteiger charge is 2.25. The number of hydrogen-bond acceptors (Lipinski definition) is 3. The van der Waals surface area contributed by atoms with Crippen molar-refractivity contribution in [2.45, 2.75) is 0 Å². The highest BCUT2D eigenvalue weighted by Crippen LogP contribution is 2.26. The number of benzene rings is 2. The number of aliphatic imine (C=N–C) groups is 1. The van der Waals surface area contributed by atoms with Crippen LogP contribution in [0.4, 0.5) is 0 Å². The van der Waals surface area contributed by atoms with Gasteiger partial charge in [0.1, 0.15) is 17.3 Å². The van der Waals surface area contributed by atoms with Gasteiger partial charge in [0.15, 0.2) is 0 Å². The lowest BCUT2D eigenvalue weighted by atomic mass is 10.2. The molecule has 3 rings (SSSR count). The van der Waals surface area contributed by atoms with Crippen molar-refractivity contribution >= 4 is 51.4 Å². The molecule has 2 aromatic rings. The van der Waals surface area contributed by atoms with Gasteiger partial charge in [0.25, 0.3) is 5.91 Å². The molecular weight excluding hydrogens is 404 g/mol. The number of hydrogen-bond donors (Lipinski definition) is 1. The number of aromatic hydroxyl groups is 1. The predicted molar refractivity (Wildman–Crippen MR) is 104 cm³/mol. The van der Waals surface area contributed by atoms with E-state index in [1.165, 1.54) is 4.90 Å². The molecule has 4 nitrogen and oxygen atoms in total. The number of amides is 1. The number of carbonyl (C=O) groups is 1. The van der Waals surface area contributed by atoms with Gasteiger partial charge in [0.2, 0.25) is 0 Å². The Morgan fingerprint density at radius 2 is 1.96 bits per heavy atom. The number of halogens is 2. The molecule has 0 spiro atoms. The minimum atomic E-state index is -0.185. The van der Waals surface area contributed by atoms with Crippen LogP contribution in [0.5, 0.6) is 5.75 Å². The largest absolute Gasteiger partial charge is 0.507 e. The van der Waals surface area contributed by atoms with E-state index in [4.69, 9.17) is 11.6 Å². The van der Waals surface area contributed by atoms with Crippen LogP contribution < -0.4 is 0 Å². The molecule has 0 unspecified atom stereocenters. The topological polar surface area (TPSA) is 52.9 Å². The van der Waals surface area contributed by atoms with Gasteiger partial charge < -0.3 is 5.11 Å². The lowest BCUT2D eigenvalue weighted by molar-refractivity contribution is -0.121. The van der Waals surface area contributed by atoms with Gasteiger partial charge in [0, 0.05) is 12.1 Å². The Hall–Kier alpha value is -2.37. The number of amidine groups is 1. The zero-order valence-corrected chi connectivity index (χ0v) is 15.6. The van der Waals surface area contributed by atoms with E-state index in [9.17, 15) is 9.90 Å². The Morgan fingerprint density at radius 3 is 2.68 bits per heavy atom. The summed E-state index contributed by atoms with van der Waals surface area (Å²) in [6, 6.07) is 12.4. The molecule has 0 atom stereocenters. The monoisotopic (exact) mass is 416 g/mol. The van der Waals surface area contributed by atoms with Crippen molar-refractivity contribution in [1.29, 1.82) is 0 Å². The third-order valence-corrected chi connectivity index (χ3v) is 4.52. The molecule has 1 aliphatic rings. The molecule has 25 heavy (non-hydrogen) atoms. The van der Waals surface area contributed by atoms with Gasteiger partial charge in [-0.1, -0.05) is 35.9 Å². The van der Waals surface area contributed by atoms with E-state index in [0.29, 0.717) is 21.0 Å². The Labute approximate surface area is 158 Å².